The first-order valence-corrected chi connectivity index (χ1v) is 7.16. The number of anilines is 1. The van der Waals surface area contributed by atoms with Gasteiger partial charge in [0, 0.05) is 25.4 Å². The van der Waals surface area contributed by atoms with Crippen molar-refractivity contribution >= 4 is 29.0 Å². The van der Waals surface area contributed by atoms with Gasteiger partial charge in [0.25, 0.3) is 0 Å². The second-order valence-corrected chi connectivity index (χ2v) is 5.68. The van der Waals surface area contributed by atoms with Crippen LogP contribution in [0.2, 0.25) is 10.0 Å². The maximum atomic E-state index is 5.99. The lowest BCUT2D eigenvalue weighted by atomic mass is 10.2. The molecule has 0 aliphatic carbocycles. The topological polar surface area (TPSA) is 33.1 Å². The molecule has 0 saturated carbocycles. The smallest absolute Gasteiger partial charge is 0.148 e. The fourth-order valence-electron chi connectivity index (χ4n) is 1.73. The molecule has 0 aliphatic heterocycles. The number of likely N-dealkylation sites (N-methyl/N-ethyl adjacent to an activating group) is 1. The van der Waals surface area contributed by atoms with Crippen molar-refractivity contribution in [2.24, 2.45) is 0 Å². The molecule has 1 aromatic carbocycles. The highest BCUT2D eigenvalue weighted by molar-refractivity contribution is 6.42. The minimum atomic E-state index is 0.572. The summed E-state index contributed by atoms with van der Waals surface area (Å²) in [4.78, 5) is 2.13. The van der Waals surface area contributed by atoms with E-state index in [1.165, 1.54) is 0 Å². The average Bonchev–Trinajstić information content (AvgIpc) is 2.86. The van der Waals surface area contributed by atoms with Crippen molar-refractivity contribution < 1.29 is 0 Å². The Morgan fingerprint density at radius 1 is 1.20 bits per heavy atom. The van der Waals surface area contributed by atoms with Crippen molar-refractivity contribution in [2.75, 3.05) is 26.0 Å². The highest BCUT2D eigenvalue weighted by Gasteiger charge is 2.02. The van der Waals surface area contributed by atoms with Gasteiger partial charge in [-0.1, -0.05) is 29.3 Å². The van der Waals surface area contributed by atoms with E-state index in [9.17, 15) is 0 Å². The Kier molecular flexibility index (Phi) is 5.29. The third-order valence-electron chi connectivity index (χ3n) is 2.87. The summed E-state index contributed by atoms with van der Waals surface area (Å²) < 4.78 is 1.93. The van der Waals surface area contributed by atoms with Crippen LogP contribution in [0.5, 0.6) is 0 Å². The summed E-state index contributed by atoms with van der Waals surface area (Å²) in [5, 5.41) is 8.87. The number of rotatable bonds is 6. The van der Waals surface area contributed by atoms with E-state index in [1.54, 1.807) is 6.07 Å². The first-order chi connectivity index (χ1) is 9.54. The van der Waals surface area contributed by atoms with Gasteiger partial charge >= 0.3 is 0 Å². The van der Waals surface area contributed by atoms with E-state index in [0.29, 0.717) is 16.6 Å². The number of hydrogen-bond acceptors (Lipinski definition) is 3. The summed E-state index contributed by atoms with van der Waals surface area (Å²) in [5.41, 5.74) is 1.07. The molecule has 0 atom stereocenters. The van der Waals surface area contributed by atoms with Crippen LogP contribution in [-0.4, -0.2) is 35.3 Å². The van der Waals surface area contributed by atoms with Crippen LogP contribution in [0.25, 0.3) is 0 Å². The van der Waals surface area contributed by atoms with Crippen LogP contribution in [-0.2, 0) is 13.1 Å². The molecule has 0 fully saturated rings. The first-order valence-electron chi connectivity index (χ1n) is 6.40. The van der Waals surface area contributed by atoms with Crippen LogP contribution in [0, 0.1) is 0 Å². The van der Waals surface area contributed by atoms with Gasteiger partial charge in [-0.25, -0.2) is 0 Å². The van der Waals surface area contributed by atoms with Crippen molar-refractivity contribution in [1.82, 2.24) is 14.7 Å². The zero-order valence-electron chi connectivity index (χ0n) is 11.6. The minimum Gasteiger partial charge on any atom is -0.365 e. The molecule has 4 nitrogen and oxygen atoms in total. The third kappa shape index (κ3) is 4.40. The molecule has 20 heavy (non-hydrogen) atoms. The molecular weight excluding hydrogens is 295 g/mol. The molecule has 0 aliphatic rings. The molecular formula is C14H18Cl2N4. The van der Waals surface area contributed by atoms with Gasteiger partial charge in [-0.05, 0) is 31.8 Å². The summed E-state index contributed by atoms with van der Waals surface area (Å²) in [6.45, 7) is 2.51. The summed E-state index contributed by atoms with van der Waals surface area (Å²) >= 11 is 11.9. The first kappa shape index (κ1) is 15.2. The van der Waals surface area contributed by atoms with Gasteiger partial charge in [0.05, 0.1) is 16.6 Å². The number of hydrogen-bond donors (Lipinski definition) is 1. The summed E-state index contributed by atoms with van der Waals surface area (Å²) in [7, 11) is 4.10. The van der Waals surface area contributed by atoms with Crippen molar-refractivity contribution in [3.63, 3.8) is 0 Å². The van der Waals surface area contributed by atoms with Gasteiger partial charge in [-0.3, -0.25) is 4.68 Å². The number of nitrogens with zero attached hydrogens (tertiary/aromatic N) is 3. The predicted octanol–water partition coefficient (Wildman–Crippen LogP) is 3.36. The van der Waals surface area contributed by atoms with Crippen LogP contribution in [0.15, 0.2) is 30.5 Å². The van der Waals surface area contributed by atoms with Crippen LogP contribution >= 0.6 is 23.2 Å². The van der Waals surface area contributed by atoms with Crippen LogP contribution in [0.1, 0.15) is 5.56 Å². The van der Waals surface area contributed by atoms with Crippen molar-refractivity contribution in [2.45, 2.75) is 13.1 Å². The second-order valence-electron chi connectivity index (χ2n) is 4.87. The summed E-state index contributed by atoms with van der Waals surface area (Å²) in [5.74, 6) is 0.856. The van der Waals surface area contributed by atoms with Gasteiger partial charge in [0.2, 0.25) is 0 Å². The molecule has 0 saturated heterocycles. The molecule has 0 spiro atoms. The predicted molar refractivity (Wildman–Crippen MR) is 84.6 cm³/mol. The fourth-order valence-corrected chi connectivity index (χ4v) is 2.05. The lowest BCUT2D eigenvalue weighted by Crippen LogP contribution is -2.18. The molecule has 0 amide bonds. The maximum absolute atomic E-state index is 5.99. The van der Waals surface area contributed by atoms with Gasteiger partial charge in [-0.2, -0.15) is 5.10 Å². The van der Waals surface area contributed by atoms with E-state index < -0.39 is 0 Å². The second kappa shape index (κ2) is 6.97. The highest BCUT2D eigenvalue weighted by Crippen LogP contribution is 2.22. The fraction of sp³-hybridized carbons (Fsp3) is 0.357. The molecule has 2 aromatic rings. The van der Waals surface area contributed by atoms with Gasteiger partial charge in [0.1, 0.15) is 5.82 Å². The van der Waals surface area contributed by atoms with Crippen LogP contribution < -0.4 is 5.32 Å². The monoisotopic (exact) mass is 312 g/mol. The van der Waals surface area contributed by atoms with E-state index in [1.807, 2.05) is 43.2 Å². The molecule has 0 unspecified atom stereocenters. The van der Waals surface area contributed by atoms with Crippen molar-refractivity contribution in [3.05, 3.63) is 46.1 Å². The quantitative estimate of drug-likeness (QED) is 0.888. The normalized spacial score (nSPS) is 11.1. The Morgan fingerprint density at radius 3 is 2.70 bits per heavy atom. The Hall–Kier alpha value is -1.23. The Bertz CT molecular complexity index is 566. The van der Waals surface area contributed by atoms with E-state index in [4.69, 9.17) is 23.2 Å². The molecule has 1 heterocycles. The van der Waals surface area contributed by atoms with Crippen molar-refractivity contribution in [1.29, 1.82) is 0 Å². The zero-order valence-corrected chi connectivity index (χ0v) is 13.1. The highest BCUT2D eigenvalue weighted by atomic mass is 35.5. The van der Waals surface area contributed by atoms with Gasteiger partial charge in [-0.15, -0.1) is 0 Å². The van der Waals surface area contributed by atoms with Gasteiger partial charge in [0.15, 0.2) is 0 Å². The lowest BCUT2D eigenvalue weighted by molar-refractivity contribution is 0.373. The van der Waals surface area contributed by atoms with E-state index in [2.05, 4.69) is 15.3 Å². The summed E-state index contributed by atoms with van der Waals surface area (Å²) in [6.07, 6.45) is 1.97. The number of aromatic nitrogens is 2. The third-order valence-corrected chi connectivity index (χ3v) is 3.61. The molecule has 0 bridgehead atoms. The Morgan fingerprint density at radius 2 is 2.00 bits per heavy atom. The minimum absolute atomic E-state index is 0.572. The summed E-state index contributed by atoms with van der Waals surface area (Å²) in [6, 6.07) is 7.58. The van der Waals surface area contributed by atoms with Crippen molar-refractivity contribution in [3.8, 4) is 0 Å². The Labute approximate surface area is 129 Å². The molecule has 1 N–H and O–H groups in total. The van der Waals surface area contributed by atoms with E-state index >= 15 is 0 Å². The number of benzene rings is 1. The maximum Gasteiger partial charge on any atom is 0.148 e. The van der Waals surface area contributed by atoms with Crippen LogP contribution in [0.3, 0.4) is 0 Å². The number of halogens is 2. The standard InChI is InChI=1S/C14H18Cl2N4/c1-19(2)7-8-20-6-5-14(18-20)17-10-11-3-4-12(15)13(16)9-11/h3-6,9H,7-8,10H2,1-2H3,(H,17,18). The average molecular weight is 313 g/mol. The molecule has 2 rings (SSSR count). The van der Waals surface area contributed by atoms with Crippen LogP contribution in [0.4, 0.5) is 5.82 Å². The lowest BCUT2D eigenvalue weighted by Gasteiger charge is -2.09. The SMILES string of the molecule is CN(C)CCn1ccc(NCc2ccc(Cl)c(Cl)c2)n1. The Balaban J connectivity index is 1.89. The molecule has 0 radical (unpaired) electrons. The number of nitrogens with one attached hydrogen (secondary N) is 1. The molecule has 108 valence electrons. The largest absolute Gasteiger partial charge is 0.365 e. The van der Waals surface area contributed by atoms with E-state index in [0.717, 1.165) is 24.5 Å². The molecule has 1 aromatic heterocycles. The van der Waals surface area contributed by atoms with E-state index in [-0.39, 0.29) is 0 Å². The zero-order chi connectivity index (χ0) is 14.5. The molecule has 6 heteroatoms. The van der Waals surface area contributed by atoms with Gasteiger partial charge < -0.3 is 10.2 Å².